The van der Waals surface area contributed by atoms with E-state index in [0.717, 1.165) is 48.9 Å². The number of carboxylic acid groups (broad SMARTS) is 1. The van der Waals surface area contributed by atoms with Crippen molar-refractivity contribution >= 4 is 46.8 Å². The Kier molecular flexibility index (Phi) is 11.1. The Hall–Kier alpha value is -2.51. The number of benzene rings is 1. The molecule has 0 aromatic heterocycles. The zero-order valence-corrected chi connectivity index (χ0v) is 23.9. The third-order valence-electron chi connectivity index (χ3n) is 7.63. The predicted octanol–water partition coefficient (Wildman–Crippen LogP) is 6.54. The number of allylic oxidation sites excluding steroid dienone is 2. The molecule has 3 amide bonds. The van der Waals surface area contributed by atoms with E-state index < -0.39 is 11.5 Å². The standard InChI is InChI=1S/C29H39Cl2N3O4/c1-3-5-6-7-8-15-33-27(37)29(34(28(33)38)16-12-23(21-30)25(31)4-2)13-17-32(18-14-29)24-11-9-10-22(19-24)20-26(35)36/h4,9-11,19,21H,3,5-8,12-18,20H2,1-2H3,(H,35,36)/b23-21-,25-4+. The van der Waals surface area contributed by atoms with Crippen molar-refractivity contribution < 1.29 is 19.5 Å². The number of aliphatic carboxylic acids is 1. The topological polar surface area (TPSA) is 81.2 Å². The van der Waals surface area contributed by atoms with E-state index >= 15 is 0 Å². The number of anilines is 1. The summed E-state index contributed by atoms with van der Waals surface area (Å²) in [6, 6.07) is 7.29. The summed E-state index contributed by atoms with van der Waals surface area (Å²) in [6.07, 6.45) is 8.39. The predicted molar refractivity (Wildman–Crippen MR) is 153 cm³/mol. The fraction of sp³-hybridized carbons (Fsp3) is 0.552. The molecular weight excluding hydrogens is 525 g/mol. The molecule has 7 nitrogen and oxygen atoms in total. The van der Waals surface area contributed by atoms with Gasteiger partial charge >= 0.3 is 12.0 Å². The van der Waals surface area contributed by atoms with Crippen LogP contribution in [-0.2, 0) is 16.0 Å². The quantitative estimate of drug-likeness (QED) is 0.167. The minimum absolute atomic E-state index is 0.0369. The first-order chi connectivity index (χ1) is 18.3. The van der Waals surface area contributed by atoms with Crippen molar-refractivity contribution in [2.45, 2.75) is 77.2 Å². The average Bonchev–Trinajstić information content (AvgIpc) is 3.09. The molecular formula is C29H39Cl2N3O4. The van der Waals surface area contributed by atoms with Gasteiger partial charge in [0.2, 0.25) is 0 Å². The third kappa shape index (κ3) is 6.92. The zero-order valence-electron chi connectivity index (χ0n) is 22.4. The van der Waals surface area contributed by atoms with Crippen molar-refractivity contribution in [3.05, 3.63) is 52.0 Å². The molecule has 3 rings (SSSR count). The van der Waals surface area contributed by atoms with Crippen molar-refractivity contribution in [3.8, 4) is 0 Å². The Morgan fingerprint density at radius 2 is 1.82 bits per heavy atom. The van der Waals surface area contributed by atoms with E-state index in [4.69, 9.17) is 28.3 Å². The molecule has 2 fully saturated rings. The van der Waals surface area contributed by atoms with Crippen LogP contribution in [0, 0.1) is 0 Å². The Morgan fingerprint density at radius 3 is 2.45 bits per heavy atom. The van der Waals surface area contributed by atoms with Crippen LogP contribution < -0.4 is 4.90 Å². The monoisotopic (exact) mass is 563 g/mol. The molecule has 2 aliphatic rings. The molecule has 0 atom stereocenters. The second-order valence-electron chi connectivity index (χ2n) is 10.1. The van der Waals surface area contributed by atoms with Gasteiger partial charge in [0.15, 0.2) is 0 Å². The summed E-state index contributed by atoms with van der Waals surface area (Å²) >= 11 is 12.3. The van der Waals surface area contributed by atoms with E-state index in [1.165, 1.54) is 10.4 Å². The number of hydrogen-bond donors (Lipinski definition) is 1. The molecule has 9 heteroatoms. The SMILES string of the molecule is C/C=C(Cl)\C(=C/Cl)CCN1C(=O)N(CCCCCCC)C(=O)C12CCN(c1cccc(CC(=O)O)c1)CC2. The number of hydrogen-bond acceptors (Lipinski definition) is 4. The summed E-state index contributed by atoms with van der Waals surface area (Å²) in [6.45, 7) is 5.96. The van der Waals surface area contributed by atoms with E-state index in [2.05, 4.69) is 11.8 Å². The summed E-state index contributed by atoms with van der Waals surface area (Å²) in [5.41, 5.74) is 2.95. The van der Waals surface area contributed by atoms with Crippen LogP contribution in [-0.4, -0.2) is 64.5 Å². The lowest BCUT2D eigenvalue weighted by Crippen LogP contribution is -2.57. The molecule has 0 radical (unpaired) electrons. The number of carbonyl (C=O) groups is 3. The smallest absolute Gasteiger partial charge is 0.327 e. The van der Waals surface area contributed by atoms with Gasteiger partial charge in [-0.15, -0.1) is 0 Å². The van der Waals surface area contributed by atoms with Crippen molar-refractivity contribution in [2.24, 2.45) is 0 Å². The number of imide groups is 1. The van der Waals surface area contributed by atoms with Crippen molar-refractivity contribution in [1.82, 2.24) is 9.80 Å². The van der Waals surface area contributed by atoms with E-state index in [9.17, 15) is 14.4 Å². The van der Waals surface area contributed by atoms with Gasteiger partial charge in [-0.25, -0.2) is 4.79 Å². The molecule has 0 saturated carbocycles. The van der Waals surface area contributed by atoms with E-state index in [1.807, 2.05) is 25.1 Å². The lowest BCUT2D eigenvalue weighted by Gasteiger charge is -2.43. The second kappa shape index (κ2) is 14.0. The van der Waals surface area contributed by atoms with Crippen LogP contribution in [0.25, 0.3) is 0 Å². The third-order valence-corrected chi connectivity index (χ3v) is 8.35. The molecule has 0 unspecified atom stereocenters. The minimum atomic E-state index is -0.893. The van der Waals surface area contributed by atoms with Gasteiger partial charge in [-0.05, 0) is 55.9 Å². The number of unbranched alkanes of at least 4 members (excludes halogenated alkanes) is 4. The maximum absolute atomic E-state index is 13.8. The van der Waals surface area contributed by atoms with Crippen LogP contribution >= 0.6 is 23.2 Å². The molecule has 0 bridgehead atoms. The average molecular weight is 565 g/mol. The molecule has 1 spiro atoms. The van der Waals surface area contributed by atoms with Crippen LogP contribution in [0.4, 0.5) is 10.5 Å². The molecule has 1 aromatic carbocycles. The van der Waals surface area contributed by atoms with Gasteiger partial charge in [-0.3, -0.25) is 14.5 Å². The Morgan fingerprint density at radius 1 is 1.11 bits per heavy atom. The van der Waals surface area contributed by atoms with Gasteiger partial charge in [0.1, 0.15) is 5.54 Å². The van der Waals surface area contributed by atoms with Gasteiger partial charge in [-0.2, -0.15) is 0 Å². The Labute approximate surface area is 236 Å². The molecule has 2 heterocycles. The van der Waals surface area contributed by atoms with Crippen molar-refractivity contribution in [3.63, 3.8) is 0 Å². The van der Waals surface area contributed by atoms with E-state index in [0.29, 0.717) is 50.5 Å². The van der Waals surface area contributed by atoms with Gasteiger partial charge in [0, 0.05) is 42.4 Å². The summed E-state index contributed by atoms with van der Waals surface area (Å²) in [5.74, 6) is -0.977. The normalized spacial score (nSPS) is 18.2. The zero-order chi connectivity index (χ0) is 27.7. The largest absolute Gasteiger partial charge is 0.481 e. The van der Waals surface area contributed by atoms with Gasteiger partial charge in [0.25, 0.3) is 5.91 Å². The Balaban J connectivity index is 1.78. The number of carboxylic acids is 1. The first-order valence-corrected chi connectivity index (χ1v) is 14.4. The maximum Gasteiger partial charge on any atom is 0.327 e. The van der Waals surface area contributed by atoms with E-state index in [1.54, 1.807) is 17.0 Å². The summed E-state index contributed by atoms with van der Waals surface area (Å²) in [7, 11) is 0. The van der Waals surface area contributed by atoms with Crippen LogP contribution in [0.15, 0.2) is 46.5 Å². The van der Waals surface area contributed by atoms with Crippen LogP contribution in [0.3, 0.4) is 0 Å². The number of rotatable bonds is 13. The maximum atomic E-state index is 13.8. The highest BCUT2D eigenvalue weighted by Crippen LogP contribution is 2.39. The van der Waals surface area contributed by atoms with Crippen molar-refractivity contribution in [2.75, 3.05) is 31.1 Å². The molecule has 38 heavy (non-hydrogen) atoms. The molecule has 2 aliphatic heterocycles. The van der Waals surface area contributed by atoms with Crippen molar-refractivity contribution in [1.29, 1.82) is 0 Å². The fourth-order valence-electron chi connectivity index (χ4n) is 5.46. The Bertz CT molecular complexity index is 1060. The van der Waals surface area contributed by atoms with Gasteiger partial charge in [0.05, 0.1) is 6.42 Å². The number of piperidine rings is 1. The van der Waals surface area contributed by atoms with Gasteiger partial charge < -0.3 is 14.9 Å². The molecule has 2 saturated heterocycles. The summed E-state index contributed by atoms with van der Waals surface area (Å²) in [5, 5.41) is 9.70. The first-order valence-electron chi connectivity index (χ1n) is 13.6. The lowest BCUT2D eigenvalue weighted by molar-refractivity contribution is -0.136. The number of halogens is 2. The molecule has 1 N–H and O–H groups in total. The lowest BCUT2D eigenvalue weighted by atomic mass is 9.85. The molecule has 1 aromatic rings. The summed E-state index contributed by atoms with van der Waals surface area (Å²) in [4.78, 5) is 44.0. The number of nitrogens with zero attached hydrogens (tertiary/aromatic N) is 3. The van der Waals surface area contributed by atoms with Crippen LogP contribution in [0.2, 0.25) is 0 Å². The molecule has 0 aliphatic carbocycles. The summed E-state index contributed by atoms with van der Waals surface area (Å²) < 4.78 is 0. The first kappa shape index (κ1) is 30.0. The second-order valence-corrected chi connectivity index (χ2v) is 10.7. The van der Waals surface area contributed by atoms with Crippen LogP contribution in [0.5, 0.6) is 0 Å². The fourth-order valence-corrected chi connectivity index (χ4v) is 5.89. The number of urea groups is 1. The van der Waals surface area contributed by atoms with Crippen LogP contribution in [0.1, 0.15) is 70.8 Å². The highest BCUT2D eigenvalue weighted by molar-refractivity contribution is 6.34. The highest BCUT2D eigenvalue weighted by atomic mass is 35.5. The minimum Gasteiger partial charge on any atom is -0.481 e. The van der Waals surface area contributed by atoms with E-state index in [-0.39, 0.29) is 18.4 Å². The number of carbonyl (C=O) groups excluding carboxylic acids is 2. The van der Waals surface area contributed by atoms with Gasteiger partial charge in [-0.1, -0.05) is 74.0 Å². The highest BCUT2D eigenvalue weighted by Gasteiger charge is 2.57. The number of amides is 3. The molecule has 208 valence electrons.